The standard InChI is InChI=1S/C14H21NO3S2/c1-5-10-20(17,18)13-8-6-12(7-9-13)11-15-19(16)14(2,3)4/h6-9,11H,5,10H2,1-4H3. The molecule has 20 heavy (non-hydrogen) atoms. The first-order valence-electron chi connectivity index (χ1n) is 6.45. The van der Waals surface area contributed by atoms with E-state index in [2.05, 4.69) is 4.40 Å². The van der Waals surface area contributed by atoms with E-state index in [1.165, 1.54) is 6.21 Å². The second kappa shape index (κ2) is 6.74. The highest BCUT2D eigenvalue weighted by Crippen LogP contribution is 2.17. The zero-order chi connectivity index (χ0) is 15.4. The van der Waals surface area contributed by atoms with E-state index in [9.17, 15) is 13.0 Å². The molecule has 1 aromatic carbocycles. The summed E-state index contributed by atoms with van der Waals surface area (Å²) in [7, 11) is -3.19. The summed E-state index contributed by atoms with van der Waals surface area (Å²) in [5.41, 5.74) is 0.734. The minimum absolute atomic E-state index is 0.147. The molecule has 1 aromatic rings. The van der Waals surface area contributed by atoms with Gasteiger partial charge >= 0.3 is 0 Å². The van der Waals surface area contributed by atoms with Crippen LogP contribution in [0.4, 0.5) is 0 Å². The van der Waals surface area contributed by atoms with Gasteiger partial charge in [-0.2, -0.15) is 0 Å². The van der Waals surface area contributed by atoms with Gasteiger partial charge in [0.1, 0.15) is 16.1 Å². The van der Waals surface area contributed by atoms with Crippen molar-refractivity contribution in [2.45, 2.75) is 43.8 Å². The van der Waals surface area contributed by atoms with Gasteiger partial charge in [0, 0.05) is 0 Å². The van der Waals surface area contributed by atoms with E-state index in [1.807, 2.05) is 27.7 Å². The normalized spacial score (nSPS) is 14.7. The first-order chi connectivity index (χ1) is 9.16. The van der Waals surface area contributed by atoms with Crippen LogP contribution in [0.25, 0.3) is 0 Å². The molecule has 0 aromatic heterocycles. The fourth-order valence-electron chi connectivity index (χ4n) is 1.41. The second-order valence-electron chi connectivity index (χ2n) is 5.48. The Labute approximate surface area is 124 Å². The highest BCUT2D eigenvalue weighted by atomic mass is 32.2. The van der Waals surface area contributed by atoms with Crippen molar-refractivity contribution in [2.24, 2.45) is 4.40 Å². The molecule has 4 nitrogen and oxygen atoms in total. The maximum atomic E-state index is 11.9. The minimum Gasteiger partial charge on any atom is -0.591 e. The third kappa shape index (κ3) is 4.92. The van der Waals surface area contributed by atoms with Crippen LogP contribution < -0.4 is 0 Å². The third-order valence-electron chi connectivity index (χ3n) is 2.53. The van der Waals surface area contributed by atoms with Crippen LogP contribution in [0.15, 0.2) is 33.6 Å². The average molecular weight is 315 g/mol. The van der Waals surface area contributed by atoms with Crippen LogP contribution >= 0.6 is 0 Å². The molecule has 1 atom stereocenters. The fraction of sp³-hybridized carbons (Fsp3) is 0.500. The highest BCUT2D eigenvalue weighted by molar-refractivity contribution is 7.91. The van der Waals surface area contributed by atoms with E-state index in [0.29, 0.717) is 11.3 Å². The lowest BCUT2D eigenvalue weighted by atomic mass is 10.2. The first-order valence-corrected chi connectivity index (χ1v) is 9.21. The molecule has 0 aliphatic heterocycles. The summed E-state index contributed by atoms with van der Waals surface area (Å²) in [6, 6.07) is 6.47. The van der Waals surface area contributed by atoms with Crippen molar-refractivity contribution in [1.29, 1.82) is 0 Å². The molecule has 0 aliphatic rings. The van der Waals surface area contributed by atoms with Crippen molar-refractivity contribution in [1.82, 2.24) is 0 Å². The number of hydrogen-bond donors (Lipinski definition) is 0. The van der Waals surface area contributed by atoms with E-state index < -0.39 is 25.9 Å². The summed E-state index contributed by atoms with van der Waals surface area (Å²) in [5.74, 6) is 0.147. The lowest BCUT2D eigenvalue weighted by Gasteiger charge is -2.17. The molecule has 0 saturated carbocycles. The fourth-order valence-corrected chi connectivity index (χ4v) is 3.27. The van der Waals surface area contributed by atoms with Crippen LogP contribution in [-0.2, 0) is 21.2 Å². The topological polar surface area (TPSA) is 69.6 Å². The molecule has 0 fully saturated rings. The van der Waals surface area contributed by atoms with Crippen molar-refractivity contribution in [3.63, 3.8) is 0 Å². The Morgan fingerprint density at radius 3 is 2.25 bits per heavy atom. The van der Waals surface area contributed by atoms with E-state index in [1.54, 1.807) is 24.3 Å². The predicted octanol–water partition coefficient (Wildman–Crippen LogP) is 2.75. The summed E-state index contributed by atoms with van der Waals surface area (Å²) in [6.07, 6.45) is 2.10. The number of nitrogens with zero attached hydrogens (tertiary/aromatic N) is 1. The zero-order valence-electron chi connectivity index (χ0n) is 12.3. The Bertz CT molecular complexity index is 557. The number of rotatable bonds is 5. The van der Waals surface area contributed by atoms with E-state index in [0.717, 1.165) is 5.56 Å². The first kappa shape index (κ1) is 17.2. The Morgan fingerprint density at radius 2 is 1.80 bits per heavy atom. The largest absolute Gasteiger partial charge is 0.591 e. The minimum atomic E-state index is -3.19. The van der Waals surface area contributed by atoms with E-state index in [4.69, 9.17) is 0 Å². The monoisotopic (exact) mass is 315 g/mol. The van der Waals surface area contributed by atoms with Gasteiger partial charge in [-0.15, -0.1) is 0 Å². The molecule has 1 unspecified atom stereocenters. The molecular formula is C14H21NO3S2. The SMILES string of the molecule is CCCS(=O)(=O)c1ccc(C=N[S+]([O-])C(C)(C)C)cc1. The van der Waals surface area contributed by atoms with Crippen LogP contribution in [0.5, 0.6) is 0 Å². The molecule has 0 radical (unpaired) electrons. The molecule has 0 amide bonds. The van der Waals surface area contributed by atoms with Gasteiger partial charge in [0.25, 0.3) is 0 Å². The zero-order valence-corrected chi connectivity index (χ0v) is 13.9. The molecule has 112 valence electrons. The van der Waals surface area contributed by atoms with Gasteiger partial charge in [0.15, 0.2) is 9.84 Å². The second-order valence-corrected chi connectivity index (χ2v) is 9.53. The summed E-state index contributed by atoms with van der Waals surface area (Å²) in [6.45, 7) is 7.38. The van der Waals surface area contributed by atoms with Crippen molar-refractivity contribution < 1.29 is 13.0 Å². The molecule has 0 aliphatic carbocycles. The maximum absolute atomic E-state index is 11.9. The molecule has 0 heterocycles. The lowest BCUT2D eigenvalue weighted by molar-refractivity contribution is 0.562. The van der Waals surface area contributed by atoms with Crippen LogP contribution in [0.3, 0.4) is 0 Å². The molecule has 6 heteroatoms. The molecule has 0 saturated heterocycles. The van der Waals surface area contributed by atoms with Crippen molar-refractivity contribution in [3.05, 3.63) is 29.8 Å². The highest BCUT2D eigenvalue weighted by Gasteiger charge is 2.25. The van der Waals surface area contributed by atoms with Gasteiger partial charge in [-0.05, 0) is 44.9 Å². The number of sulfone groups is 1. The molecule has 1 rings (SSSR count). The third-order valence-corrected chi connectivity index (χ3v) is 5.81. The molecular weight excluding hydrogens is 294 g/mol. The van der Waals surface area contributed by atoms with Gasteiger partial charge in [-0.25, -0.2) is 8.42 Å². The Morgan fingerprint density at radius 1 is 1.25 bits per heavy atom. The van der Waals surface area contributed by atoms with Gasteiger partial charge in [-0.1, -0.05) is 23.5 Å². The summed E-state index contributed by atoms with van der Waals surface area (Å²) < 4.78 is 39.1. The van der Waals surface area contributed by atoms with Gasteiger partial charge in [0.05, 0.1) is 16.9 Å². The van der Waals surface area contributed by atoms with Crippen LogP contribution in [0.2, 0.25) is 0 Å². The van der Waals surface area contributed by atoms with Crippen LogP contribution in [0.1, 0.15) is 39.7 Å². The number of benzene rings is 1. The quantitative estimate of drug-likeness (QED) is 0.619. The van der Waals surface area contributed by atoms with E-state index in [-0.39, 0.29) is 5.75 Å². The van der Waals surface area contributed by atoms with Crippen LogP contribution in [0, 0.1) is 0 Å². The van der Waals surface area contributed by atoms with Crippen molar-refractivity contribution in [3.8, 4) is 0 Å². The van der Waals surface area contributed by atoms with Crippen molar-refractivity contribution >= 4 is 27.4 Å². The molecule has 0 N–H and O–H groups in total. The lowest BCUT2D eigenvalue weighted by Crippen LogP contribution is -2.25. The summed E-state index contributed by atoms with van der Waals surface area (Å²) in [4.78, 5) is 0.313. The summed E-state index contributed by atoms with van der Waals surface area (Å²) in [5, 5.41) is 0. The van der Waals surface area contributed by atoms with Gasteiger partial charge < -0.3 is 4.55 Å². The Kier molecular flexibility index (Phi) is 5.79. The predicted molar refractivity (Wildman–Crippen MR) is 84.3 cm³/mol. The Balaban J connectivity index is 2.85. The van der Waals surface area contributed by atoms with Gasteiger partial charge in [0.2, 0.25) is 0 Å². The average Bonchev–Trinajstić information content (AvgIpc) is 2.35. The smallest absolute Gasteiger partial charge is 0.178 e. The van der Waals surface area contributed by atoms with Crippen LogP contribution in [-0.4, -0.2) is 29.7 Å². The van der Waals surface area contributed by atoms with Gasteiger partial charge in [-0.3, -0.25) is 0 Å². The maximum Gasteiger partial charge on any atom is 0.178 e. The molecule has 0 spiro atoms. The van der Waals surface area contributed by atoms with Crippen molar-refractivity contribution in [2.75, 3.05) is 5.75 Å². The number of hydrogen-bond acceptors (Lipinski definition) is 4. The molecule has 0 bridgehead atoms. The summed E-state index contributed by atoms with van der Waals surface area (Å²) >= 11 is -1.31. The Hall–Kier alpha value is -0.850. The van der Waals surface area contributed by atoms with E-state index >= 15 is 0 Å².